The predicted octanol–water partition coefficient (Wildman–Crippen LogP) is 2.50. The second-order valence-electron chi connectivity index (χ2n) is 6.36. The number of carbonyl (C=O) groups is 2. The molecule has 3 nitrogen and oxygen atoms in total. The van der Waals surface area contributed by atoms with Crippen LogP contribution >= 0.6 is 0 Å². The van der Waals surface area contributed by atoms with E-state index in [-0.39, 0.29) is 23.1 Å². The molecule has 1 saturated heterocycles. The van der Waals surface area contributed by atoms with E-state index in [0.717, 1.165) is 31.6 Å². The number of rotatable bonds is 1. The fourth-order valence-electron chi connectivity index (χ4n) is 3.80. The summed E-state index contributed by atoms with van der Waals surface area (Å²) < 4.78 is 0. The maximum atomic E-state index is 12.1. The van der Waals surface area contributed by atoms with Gasteiger partial charge in [0, 0.05) is 12.3 Å². The predicted molar refractivity (Wildman–Crippen MR) is 66.2 cm³/mol. The highest BCUT2D eigenvalue weighted by Crippen LogP contribution is 2.50. The van der Waals surface area contributed by atoms with Crippen LogP contribution in [0.15, 0.2) is 0 Å². The van der Waals surface area contributed by atoms with E-state index in [1.165, 1.54) is 0 Å². The van der Waals surface area contributed by atoms with Crippen molar-refractivity contribution >= 4 is 11.8 Å². The summed E-state index contributed by atoms with van der Waals surface area (Å²) in [6.07, 6.45) is 4.94. The topological polar surface area (TPSA) is 46.2 Å². The molecule has 2 fully saturated rings. The maximum absolute atomic E-state index is 12.1. The Kier molecular flexibility index (Phi) is 3.28. The fraction of sp³-hybridized carbons (Fsp3) is 0.857. The summed E-state index contributed by atoms with van der Waals surface area (Å²) in [4.78, 5) is 23.7. The van der Waals surface area contributed by atoms with Crippen LogP contribution < -0.4 is 5.32 Å². The molecule has 2 rings (SSSR count). The normalized spacial score (nSPS) is 38.6. The minimum atomic E-state index is -0.0681. The summed E-state index contributed by atoms with van der Waals surface area (Å²) in [5.41, 5.74) is -0.0416. The van der Waals surface area contributed by atoms with Gasteiger partial charge in [0.2, 0.25) is 11.8 Å². The van der Waals surface area contributed by atoms with Gasteiger partial charge in [-0.2, -0.15) is 0 Å². The van der Waals surface area contributed by atoms with Gasteiger partial charge in [0.25, 0.3) is 0 Å². The van der Waals surface area contributed by atoms with E-state index >= 15 is 0 Å². The van der Waals surface area contributed by atoms with E-state index < -0.39 is 0 Å². The number of hydrogen-bond acceptors (Lipinski definition) is 2. The molecule has 0 radical (unpaired) electrons. The quantitative estimate of drug-likeness (QED) is 0.712. The van der Waals surface area contributed by atoms with Gasteiger partial charge in [0.1, 0.15) is 0 Å². The van der Waals surface area contributed by atoms with E-state index in [1.54, 1.807) is 0 Å². The van der Waals surface area contributed by atoms with Crippen molar-refractivity contribution in [3.05, 3.63) is 0 Å². The van der Waals surface area contributed by atoms with Crippen LogP contribution in [-0.4, -0.2) is 11.8 Å². The molecule has 1 N–H and O–H groups in total. The minimum Gasteiger partial charge on any atom is -0.296 e. The zero-order valence-electron chi connectivity index (χ0n) is 11.1. The van der Waals surface area contributed by atoms with Gasteiger partial charge >= 0.3 is 0 Å². The van der Waals surface area contributed by atoms with Gasteiger partial charge in [-0.15, -0.1) is 0 Å². The highest BCUT2D eigenvalue weighted by Gasteiger charge is 2.50. The molecule has 2 amide bonds. The Bertz CT molecular complexity index is 327. The third kappa shape index (κ3) is 2.24. The van der Waals surface area contributed by atoms with Crippen molar-refractivity contribution in [3.8, 4) is 0 Å². The Balaban J connectivity index is 2.26. The van der Waals surface area contributed by atoms with Gasteiger partial charge in [0.15, 0.2) is 0 Å². The van der Waals surface area contributed by atoms with Gasteiger partial charge < -0.3 is 0 Å². The molecule has 0 aromatic rings. The van der Waals surface area contributed by atoms with Crippen LogP contribution in [-0.2, 0) is 9.59 Å². The molecule has 1 saturated carbocycles. The highest BCUT2D eigenvalue weighted by atomic mass is 16.2. The number of piperidine rings is 1. The van der Waals surface area contributed by atoms with Crippen molar-refractivity contribution in [2.45, 2.75) is 52.9 Å². The van der Waals surface area contributed by atoms with E-state index in [9.17, 15) is 9.59 Å². The average molecular weight is 237 g/mol. The van der Waals surface area contributed by atoms with E-state index in [0.29, 0.717) is 12.3 Å². The second kappa shape index (κ2) is 4.43. The van der Waals surface area contributed by atoms with Gasteiger partial charge in [-0.05, 0) is 30.1 Å². The molecule has 0 aromatic heterocycles. The summed E-state index contributed by atoms with van der Waals surface area (Å²) in [5, 5.41) is 2.52. The summed E-state index contributed by atoms with van der Waals surface area (Å²) in [6, 6.07) is 0. The van der Waals surface area contributed by atoms with Crippen LogP contribution in [0.5, 0.6) is 0 Å². The van der Waals surface area contributed by atoms with Crippen LogP contribution in [0.4, 0.5) is 0 Å². The molecule has 1 aliphatic carbocycles. The first-order chi connectivity index (χ1) is 7.94. The Morgan fingerprint density at radius 3 is 2.35 bits per heavy atom. The largest absolute Gasteiger partial charge is 0.296 e. The van der Waals surface area contributed by atoms with Crippen LogP contribution in [0.1, 0.15) is 52.9 Å². The van der Waals surface area contributed by atoms with Crippen molar-refractivity contribution in [1.29, 1.82) is 0 Å². The smallest absolute Gasteiger partial charge is 0.230 e. The lowest BCUT2D eigenvalue weighted by atomic mass is 9.58. The zero-order chi connectivity index (χ0) is 12.6. The first-order valence-electron chi connectivity index (χ1n) is 6.78. The van der Waals surface area contributed by atoms with Crippen molar-refractivity contribution in [2.24, 2.45) is 23.2 Å². The molecule has 0 aromatic carbocycles. The summed E-state index contributed by atoms with van der Waals surface area (Å²) in [6.45, 7) is 6.46. The Morgan fingerprint density at radius 2 is 1.82 bits per heavy atom. The number of carbonyl (C=O) groups excluding carboxylic acids is 2. The van der Waals surface area contributed by atoms with Crippen LogP contribution in [0.2, 0.25) is 0 Å². The molecular formula is C14H23NO2. The third-order valence-electron chi connectivity index (χ3n) is 4.65. The van der Waals surface area contributed by atoms with Crippen LogP contribution in [0.25, 0.3) is 0 Å². The summed E-state index contributed by atoms with van der Waals surface area (Å²) in [5.74, 6) is 0.977. The SMILES string of the molecule is CC1CCC2(CC1)CC(=O)NC(=O)C2C(C)C. The summed E-state index contributed by atoms with van der Waals surface area (Å²) in [7, 11) is 0. The molecule has 96 valence electrons. The first kappa shape index (κ1) is 12.6. The van der Waals surface area contributed by atoms with Gasteiger partial charge in [0.05, 0.1) is 0 Å². The Morgan fingerprint density at radius 1 is 1.24 bits per heavy atom. The van der Waals surface area contributed by atoms with Crippen molar-refractivity contribution in [2.75, 3.05) is 0 Å². The third-order valence-corrected chi connectivity index (χ3v) is 4.65. The van der Waals surface area contributed by atoms with Gasteiger partial charge in [-0.1, -0.05) is 33.6 Å². The summed E-state index contributed by atoms with van der Waals surface area (Å²) >= 11 is 0. The lowest BCUT2D eigenvalue weighted by molar-refractivity contribution is -0.148. The van der Waals surface area contributed by atoms with Crippen LogP contribution in [0, 0.1) is 23.2 Å². The number of imide groups is 1. The van der Waals surface area contributed by atoms with Gasteiger partial charge in [-0.25, -0.2) is 0 Å². The second-order valence-corrected chi connectivity index (χ2v) is 6.36. The molecule has 3 heteroatoms. The van der Waals surface area contributed by atoms with Crippen molar-refractivity contribution in [1.82, 2.24) is 5.32 Å². The molecule has 1 spiro atoms. The van der Waals surface area contributed by atoms with Gasteiger partial charge in [-0.3, -0.25) is 14.9 Å². The average Bonchev–Trinajstić information content (AvgIpc) is 2.21. The van der Waals surface area contributed by atoms with Crippen molar-refractivity contribution < 1.29 is 9.59 Å². The molecule has 17 heavy (non-hydrogen) atoms. The molecule has 1 unspecified atom stereocenters. The number of amides is 2. The molecule has 1 aliphatic heterocycles. The lowest BCUT2D eigenvalue weighted by Crippen LogP contribution is -2.55. The van der Waals surface area contributed by atoms with E-state index in [2.05, 4.69) is 26.1 Å². The van der Waals surface area contributed by atoms with E-state index in [1.807, 2.05) is 0 Å². The van der Waals surface area contributed by atoms with Crippen molar-refractivity contribution in [3.63, 3.8) is 0 Å². The molecule has 0 bridgehead atoms. The monoisotopic (exact) mass is 237 g/mol. The van der Waals surface area contributed by atoms with Crippen LogP contribution in [0.3, 0.4) is 0 Å². The first-order valence-corrected chi connectivity index (χ1v) is 6.78. The number of hydrogen-bond donors (Lipinski definition) is 1. The molecular weight excluding hydrogens is 214 g/mol. The molecule has 1 atom stereocenters. The minimum absolute atomic E-state index is 0.0210. The molecule has 1 heterocycles. The van der Waals surface area contributed by atoms with E-state index in [4.69, 9.17) is 0 Å². The maximum Gasteiger partial charge on any atom is 0.230 e. The standard InChI is InChI=1S/C14H23NO2/c1-9(2)12-13(17)15-11(16)8-14(12)6-4-10(3)5-7-14/h9-10,12H,4-8H2,1-3H3,(H,15,16,17). The fourth-order valence-corrected chi connectivity index (χ4v) is 3.80. The molecule has 2 aliphatic rings. The lowest BCUT2D eigenvalue weighted by Gasteiger charge is -2.48. The Hall–Kier alpha value is -0.860. The zero-order valence-corrected chi connectivity index (χ0v) is 11.1. The highest BCUT2D eigenvalue weighted by molar-refractivity contribution is 5.99. The Labute approximate surface area is 103 Å². The number of nitrogens with one attached hydrogen (secondary N) is 1.